The van der Waals surface area contributed by atoms with Crippen LogP contribution in [-0.2, 0) is 6.61 Å². The molecule has 10 heteroatoms. The van der Waals surface area contributed by atoms with Crippen LogP contribution in [0.25, 0.3) is 10.9 Å². The molecule has 0 amide bonds. The van der Waals surface area contributed by atoms with E-state index in [9.17, 15) is 14.5 Å². The largest absolute Gasteiger partial charge is 0.487 e. The van der Waals surface area contributed by atoms with Crippen molar-refractivity contribution in [3.63, 3.8) is 0 Å². The molecule has 2 heterocycles. The van der Waals surface area contributed by atoms with Crippen molar-refractivity contribution in [3.8, 4) is 17.6 Å². The number of nitrogens with zero attached hydrogens (tertiary/aromatic N) is 3. The van der Waals surface area contributed by atoms with Crippen molar-refractivity contribution in [3.05, 3.63) is 93.0 Å². The number of rotatable bonds is 6. The first-order chi connectivity index (χ1) is 18.5. The van der Waals surface area contributed by atoms with Gasteiger partial charge in [-0.1, -0.05) is 35.6 Å². The lowest BCUT2D eigenvalue weighted by molar-refractivity contribution is -0.385. The Bertz CT molecular complexity index is 1630. The molecular weight excluding hydrogens is 509 g/mol. The van der Waals surface area contributed by atoms with E-state index in [0.29, 0.717) is 62.1 Å². The highest BCUT2D eigenvalue weighted by Crippen LogP contribution is 2.48. The smallest absolute Gasteiger partial charge is 0.285 e. The lowest BCUT2D eigenvalue weighted by atomic mass is 10.1. The van der Waals surface area contributed by atoms with Crippen LogP contribution < -0.4 is 15.4 Å². The number of hydrogen-bond donors (Lipinski definition) is 2. The number of fused-ring (bicyclic) bond motifs is 2. The van der Waals surface area contributed by atoms with E-state index in [4.69, 9.17) is 16.3 Å². The van der Waals surface area contributed by atoms with Crippen LogP contribution in [0.1, 0.15) is 11.1 Å². The third-order valence-electron chi connectivity index (χ3n) is 6.89. The molecule has 1 saturated heterocycles. The third-order valence-corrected chi connectivity index (χ3v) is 7.19. The molecule has 8 nitrogen and oxygen atoms in total. The number of ether oxygens (including phenoxy) is 1. The van der Waals surface area contributed by atoms with Gasteiger partial charge in [-0.25, -0.2) is 14.4 Å². The Labute approximate surface area is 222 Å². The van der Waals surface area contributed by atoms with Crippen molar-refractivity contribution in [2.75, 3.05) is 18.4 Å². The van der Waals surface area contributed by atoms with Crippen molar-refractivity contribution in [2.24, 2.45) is 17.8 Å². The van der Waals surface area contributed by atoms with Gasteiger partial charge in [0.05, 0.1) is 15.5 Å². The molecule has 0 radical (unpaired) electrons. The number of halogens is 2. The number of aromatic nitrogens is 2. The predicted octanol–water partition coefficient (Wildman–Crippen LogP) is 5.47. The lowest BCUT2D eigenvalue weighted by Crippen LogP contribution is -2.13. The van der Waals surface area contributed by atoms with Crippen LogP contribution in [0.2, 0.25) is 5.02 Å². The molecule has 1 unspecified atom stereocenters. The van der Waals surface area contributed by atoms with Crippen molar-refractivity contribution < 1.29 is 14.1 Å². The van der Waals surface area contributed by atoms with E-state index >= 15 is 0 Å². The molecule has 6 rings (SSSR count). The number of benzene rings is 3. The minimum absolute atomic E-state index is 0.0917. The monoisotopic (exact) mass is 529 g/mol. The molecule has 4 aromatic rings. The predicted molar refractivity (Wildman–Crippen MR) is 142 cm³/mol. The number of nitro benzene ring substituents is 1. The minimum Gasteiger partial charge on any atom is -0.487 e. The molecule has 38 heavy (non-hydrogen) atoms. The standard InChI is InChI=1S/C28H21ClFN5O3/c29-24-10-19(5-7-27(24)38-14-16-2-1-3-18(30)8-16)34-28-21-11-26(35(36)37)17(9-25(21)32-15-33-28)4-6-20-22-12-31-13-23(20)22/h1-3,5,7-11,15,20,22-23,31H,12-14H2,(H,32,33,34)/t20?,22-,23+. The Morgan fingerprint density at radius 3 is 2.76 bits per heavy atom. The fourth-order valence-electron chi connectivity index (χ4n) is 4.86. The first kappa shape index (κ1) is 24.1. The van der Waals surface area contributed by atoms with Gasteiger partial charge in [0.2, 0.25) is 0 Å². The number of piperidine rings is 1. The quantitative estimate of drug-likeness (QED) is 0.194. The van der Waals surface area contributed by atoms with Gasteiger partial charge in [-0.3, -0.25) is 10.1 Å². The van der Waals surface area contributed by atoms with Gasteiger partial charge in [0.25, 0.3) is 5.69 Å². The van der Waals surface area contributed by atoms with Crippen molar-refractivity contribution in [1.29, 1.82) is 0 Å². The van der Waals surface area contributed by atoms with Gasteiger partial charge in [-0.2, -0.15) is 0 Å². The van der Waals surface area contributed by atoms with Gasteiger partial charge < -0.3 is 15.4 Å². The summed E-state index contributed by atoms with van der Waals surface area (Å²) in [4.78, 5) is 20.0. The van der Waals surface area contributed by atoms with E-state index in [2.05, 4.69) is 32.4 Å². The molecule has 3 aromatic carbocycles. The van der Waals surface area contributed by atoms with Crippen LogP contribution in [0.5, 0.6) is 5.75 Å². The zero-order valence-corrected chi connectivity index (χ0v) is 20.7. The average molecular weight is 530 g/mol. The topological polar surface area (TPSA) is 102 Å². The summed E-state index contributed by atoms with van der Waals surface area (Å²) in [7, 11) is 0. The Balaban J connectivity index is 1.24. The van der Waals surface area contributed by atoms with Gasteiger partial charge in [0.15, 0.2) is 0 Å². The van der Waals surface area contributed by atoms with E-state index < -0.39 is 4.92 Å². The average Bonchev–Trinajstić information content (AvgIpc) is 3.32. The van der Waals surface area contributed by atoms with Gasteiger partial charge in [-0.15, -0.1) is 0 Å². The normalized spacial score (nSPS) is 19.4. The molecule has 1 aliphatic heterocycles. The van der Waals surface area contributed by atoms with Crippen molar-refractivity contribution in [1.82, 2.24) is 15.3 Å². The van der Waals surface area contributed by atoms with Gasteiger partial charge in [0.1, 0.15) is 35.9 Å². The van der Waals surface area contributed by atoms with E-state index in [1.807, 2.05) is 0 Å². The van der Waals surface area contributed by atoms with Crippen LogP contribution in [-0.4, -0.2) is 28.0 Å². The number of anilines is 2. The highest BCUT2D eigenvalue weighted by Gasteiger charge is 2.51. The maximum absolute atomic E-state index is 13.4. The maximum Gasteiger partial charge on any atom is 0.285 e. The molecule has 0 bridgehead atoms. The summed E-state index contributed by atoms with van der Waals surface area (Å²) in [6, 6.07) is 14.3. The molecule has 1 aliphatic carbocycles. The van der Waals surface area contributed by atoms with E-state index in [1.165, 1.54) is 24.5 Å². The van der Waals surface area contributed by atoms with Crippen LogP contribution in [0.15, 0.2) is 60.9 Å². The van der Waals surface area contributed by atoms with E-state index in [0.717, 1.165) is 13.1 Å². The first-order valence-electron chi connectivity index (χ1n) is 12.1. The molecular formula is C28H21ClFN5O3. The molecule has 1 aromatic heterocycles. The van der Waals surface area contributed by atoms with Crippen molar-refractivity contribution in [2.45, 2.75) is 6.61 Å². The number of hydrogen-bond acceptors (Lipinski definition) is 7. The summed E-state index contributed by atoms with van der Waals surface area (Å²) in [5.74, 6) is 8.13. The third kappa shape index (κ3) is 4.84. The van der Waals surface area contributed by atoms with E-state index in [-0.39, 0.29) is 18.1 Å². The van der Waals surface area contributed by atoms with E-state index in [1.54, 1.807) is 36.4 Å². The summed E-state index contributed by atoms with van der Waals surface area (Å²) < 4.78 is 19.1. The number of nitro groups is 1. The van der Waals surface area contributed by atoms with Crippen molar-refractivity contribution >= 4 is 39.7 Å². The molecule has 2 fully saturated rings. The van der Waals surface area contributed by atoms with Gasteiger partial charge in [0, 0.05) is 23.1 Å². The molecule has 1 saturated carbocycles. The fourth-order valence-corrected chi connectivity index (χ4v) is 5.09. The second-order valence-corrected chi connectivity index (χ2v) is 9.74. The molecule has 3 atom stereocenters. The minimum atomic E-state index is -0.433. The van der Waals surface area contributed by atoms with Gasteiger partial charge >= 0.3 is 0 Å². The summed E-state index contributed by atoms with van der Waals surface area (Å²) in [5.41, 5.74) is 2.07. The Morgan fingerprint density at radius 2 is 2.00 bits per heavy atom. The zero-order chi connectivity index (χ0) is 26.2. The Kier molecular flexibility index (Phi) is 6.27. The van der Waals surface area contributed by atoms with Crippen LogP contribution >= 0.6 is 11.6 Å². The molecule has 190 valence electrons. The van der Waals surface area contributed by atoms with Crippen LogP contribution in [0.3, 0.4) is 0 Å². The fraction of sp³-hybridized carbons (Fsp3) is 0.214. The zero-order valence-electron chi connectivity index (χ0n) is 19.9. The maximum atomic E-state index is 13.4. The lowest BCUT2D eigenvalue weighted by Gasteiger charge is -2.12. The summed E-state index contributed by atoms with van der Waals surface area (Å²) in [6.45, 7) is 2.07. The number of nitrogens with one attached hydrogen (secondary N) is 2. The second kappa shape index (κ2) is 9.89. The van der Waals surface area contributed by atoms with Crippen LogP contribution in [0.4, 0.5) is 21.6 Å². The summed E-state index contributed by atoms with van der Waals surface area (Å²) in [5, 5.41) is 19.2. The summed E-state index contributed by atoms with van der Waals surface area (Å²) >= 11 is 6.42. The second-order valence-electron chi connectivity index (χ2n) is 9.34. The summed E-state index contributed by atoms with van der Waals surface area (Å²) in [6.07, 6.45) is 1.39. The highest BCUT2D eigenvalue weighted by molar-refractivity contribution is 6.32. The Morgan fingerprint density at radius 1 is 1.16 bits per heavy atom. The van der Waals surface area contributed by atoms with Crippen LogP contribution in [0, 0.1) is 45.5 Å². The van der Waals surface area contributed by atoms with Gasteiger partial charge in [-0.05, 0) is 66.9 Å². The highest BCUT2D eigenvalue weighted by atomic mass is 35.5. The molecule has 2 N–H and O–H groups in total. The molecule has 2 aliphatic rings. The first-order valence-corrected chi connectivity index (χ1v) is 12.4. The Hall–Kier alpha value is -4.26. The SMILES string of the molecule is O=[N+]([O-])c1cc2c(Nc3ccc(OCc4cccc(F)c4)c(Cl)c3)ncnc2cc1C#CC1[C@H]2CNC[C@@H]12. The molecule has 0 spiro atoms.